The van der Waals surface area contributed by atoms with Crippen LogP contribution in [0.15, 0.2) is 52.6 Å². The van der Waals surface area contributed by atoms with Crippen molar-refractivity contribution in [3.8, 4) is 5.88 Å². The fourth-order valence-corrected chi connectivity index (χ4v) is 5.87. The van der Waals surface area contributed by atoms with Gasteiger partial charge in [0.1, 0.15) is 11.9 Å². The van der Waals surface area contributed by atoms with Crippen molar-refractivity contribution in [2.24, 2.45) is 0 Å². The van der Waals surface area contributed by atoms with E-state index >= 15 is 0 Å². The number of imidazole rings is 1. The number of halogens is 1. The number of nitrogens with one attached hydrogen (secondary N) is 3. The summed E-state index contributed by atoms with van der Waals surface area (Å²) >= 11 is 6.46. The highest BCUT2D eigenvalue weighted by molar-refractivity contribution is 7.92. The van der Waals surface area contributed by atoms with Gasteiger partial charge in [0.2, 0.25) is 5.88 Å². The van der Waals surface area contributed by atoms with Crippen LogP contribution >= 0.6 is 11.6 Å². The fraction of sp³-hybridized carbons (Fsp3) is 0.346. The van der Waals surface area contributed by atoms with E-state index in [0.717, 1.165) is 17.1 Å². The molecule has 1 atom stereocenters. The number of ether oxygens (including phenoxy) is 2. The van der Waals surface area contributed by atoms with Crippen LogP contribution in [0.2, 0.25) is 5.15 Å². The van der Waals surface area contributed by atoms with Gasteiger partial charge in [-0.05, 0) is 43.7 Å². The van der Waals surface area contributed by atoms with Crippen molar-refractivity contribution >= 4 is 45.1 Å². The largest absolute Gasteiger partial charge is 0.480 e. The first-order valence-electron chi connectivity index (χ1n) is 13.1. The molecule has 0 fully saturated rings. The predicted octanol–water partition coefficient (Wildman–Crippen LogP) is 2.85. The molecular weight excluding hydrogens is 588 g/mol. The third-order valence-electron chi connectivity index (χ3n) is 6.30. The van der Waals surface area contributed by atoms with Gasteiger partial charge in [-0.2, -0.15) is 0 Å². The molecule has 0 radical (unpaired) electrons. The zero-order chi connectivity index (χ0) is 30.4. The molecule has 0 bridgehead atoms. The minimum atomic E-state index is -4.33. The Bertz CT molecular complexity index is 1570. The maximum absolute atomic E-state index is 13.9. The van der Waals surface area contributed by atoms with Crippen LogP contribution in [0.3, 0.4) is 0 Å². The Balaban J connectivity index is 1.87. The summed E-state index contributed by atoms with van der Waals surface area (Å²) in [7, 11) is -2.94. The quantitative estimate of drug-likeness (QED) is 0.173. The van der Waals surface area contributed by atoms with E-state index < -0.39 is 34.6 Å². The molecule has 1 aromatic carbocycles. The number of H-pyrrole nitrogens is 1. The topological polar surface area (TPSA) is 195 Å². The maximum atomic E-state index is 13.9. The van der Waals surface area contributed by atoms with Gasteiger partial charge in [-0.1, -0.05) is 24.9 Å². The highest BCUT2D eigenvalue weighted by Gasteiger charge is 2.39. The summed E-state index contributed by atoms with van der Waals surface area (Å²) in [5.74, 6) is -0.168. The van der Waals surface area contributed by atoms with Crippen LogP contribution in [0.1, 0.15) is 44.2 Å². The van der Waals surface area contributed by atoms with E-state index in [0.29, 0.717) is 17.9 Å². The molecule has 2 aromatic heterocycles. The van der Waals surface area contributed by atoms with Crippen molar-refractivity contribution in [3.05, 3.63) is 64.3 Å². The second-order valence-corrected chi connectivity index (χ2v) is 11.4. The first kappa shape index (κ1) is 30.6. The third-order valence-corrected chi connectivity index (χ3v) is 8.35. The Kier molecular flexibility index (Phi) is 9.52. The summed E-state index contributed by atoms with van der Waals surface area (Å²) in [5.41, 5.74) is 6.27. The van der Waals surface area contributed by atoms with E-state index in [9.17, 15) is 18.0 Å². The fourth-order valence-electron chi connectivity index (χ4n) is 4.23. The van der Waals surface area contributed by atoms with Gasteiger partial charge in [-0.25, -0.2) is 27.3 Å². The minimum absolute atomic E-state index is 0.0200. The van der Waals surface area contributed by atoms with Gasteiger partial charge in [0.05, 0.1) is 42.1 Å². The average molecular weight is 619 g/mol. The normalized spacial score (nSPS) is 15.1. The van der Waals surface area contributed by atoms with Gasteiger partial charge in [-0.3, -0.25) is 0 Å². The summed E-state index contributed by atoms with van der Waals surface area (Å²) in [4.78, 5) is 33.6. The number of hydrogen-bond acceptors (Lipinski definition) is 10. The Hall–Kier alpha value is -4.37. The van der Waals surface area contributed by atoms with Crippen molar-refractivity contribution in [2.45, 2.75) is 44.0 Å². The predicted molar refractivity (Wildman–Crippen MR) is 154 cm³/mol. The molecule has 42 heavy (non-hydrogen) atoms. The molecule has 2 amide bonds. The van der Waals surface area contributed by atoms with E-state index in [1.165, 1.54) is 43.5 Å². The monoisotopic (exact) mass is 618 g/mol. The number of rotatable bonds is 12. The Morgan fingerprint density at radius 2 is 1.88 bits per heavy atom. The molecule has 1 aliphatic rings. The van der Waals surface area contributed by atoms with Crippen molar-refractivity contribution in [3.63, 3.8) is 0 Å². The van der Waals surface area contributed by atoms with E-state index in [-0.39, 0.29) is 45.3 Å². The number of esters is 1. The molecule has 5 N–H and O–H groups in total. The molecule has 3 heterocycles. The number of aromatic nitrogens is 4. The molecule has 224 valence electrons. The van der Waals surface area contributed by atoms with Gasteiger partial charge in [0.15, 0.2) is 11.0 Å². The lowest BCUT2D eigenvalue weighted by Crippen LogP contribution is -2.49. The molecule has 0 spiro atoms. The van der Waals surface area contributed by atoms with Crippen LogP contribution in [0.4, 0.5) is 16.3 Å². The number of carbonyl (C=O) groups excluding carboxylic acids is 2. The number of amides is 2. The van der Waals surface area contributed by atoms with Crippen molar-refractivity contribution in [1.29, 1.82) is 0 Å². The number of carbonyl (C=O) groups is 2. The van der Waals surface area contributed by atoms with Gasteiger partial charge in [-0.15, -0.1) is 10.2 Å². The second-order valence-electron chi connectivity index (χ2n) is 9.15. The molecule has 1 aliphatic heterocycles. The number of urea groups is 1. The molecule has 16 heteroatoms. The van der Waals surface area contributed by atoms with Crippen molar-refractivity contribution < 1.29 is 27.5 Å². The number of aromatic amines is 1. The number of hydrogen-bond donors (Lipinski definition) is 4. The van der Waals surface area contributed by atoms with Crippen LogP contribution in [-0.2, 0) is 26.0 Å². The van der Waals surface area contributed by atoms with Gasteiger partial charge in [0.25, 0.3) is 10.0 Å². The maximum Gasteiger partial charge on any atom is 0.338 e. The Morgan fingerprint density at radius 3 is 2.50 bits per heavy atom. The highest BCUT2D eigenvalue weighted by Crippen LogP contribution is 2.33. The number of sulfonamides is 1. The van der Waals surface area contributed by atoms with Crippen molar-refractivity contribution in [1.82, 2.24) is 30.8 Å². The van der Waals surface area contributed by atoms with Crippen LogP contribution < -0.4 is 25.4 Å². The SMILES string of the molecule is CCCCc1nc(Cl)c(C2NC(=O)NC(CN(c3ccc(OC)nn3)S(=O)(=O)c3ccc(N)cc3)=C2C(=O)OCC)[nH]1. The van der Waals surface area contributed by atoms with Gasteiger partial charge in [0, 0.05) is 18.2 Å². The smallest absolute Gasteiger partial charge is 0.338 e. The summed E-state index contributed by atoms with van der Waals surface area (Å²) in [6.07, 6.45) is 2.36. The first-order chi connectivity index (χ1) is 20.1. The number of aryl methyl sites for hydroxylation is 1. The average Bonchev–Trinajstić information content (AvgIpc) is 3.34. The van der Waals surface area contributed by atoms with Crippen LogP contribution in [0, 0.1) is 0 Å². The zero-order valence-corrected chi connectivity index (χ0v) is 24.8. The Labute approximate surface area is 247 Å². The molecule has 0 aliphatic carbocycles. The number of anilines is 2. The molecule has 3 aromatic rings. The minimum Gasteiger partial charge on any atom is -0.480 e. The van der Waals surface area contributed by atoms with Gasteiger partial charge < -0.3 is 30.8 Å². The molecule has 4 rings (SSSR count). The molecule has 0 saturated heterocycles. The standard InChI is InChI=1S/C26H31ClN8O6S/c1-4-6-7-18-30-23(24(27)31-18)22-21(25(36)41-5-2)17(29-26(37)32-22)14-35(19-12-13-20(40-3)34-33-19)42(38,39)16-10-8-15(28)9-11-16/h8-13,22H,4-7,14,28H2,1-3H3,(H,30,31)(H2,29,32,37). The van der Waals surface area contributed by atoms with E-state index in [2.05, 4.69) is 30.8 Å². The molecule has 14 nitrogen and oxygen atoms in total. The molecule has 1 unspecified atom stereocenters. The van der Waals surface area contributed by atoms with Crippen LogP contribution in [-0.4, -0.2) is 60.8 Å². The van der Waals surface area contributed by atoms with Crippen molar-refractivity contribution in [2.75, 3.05) is 30.3 Å². The zero-order valence-electron chi connectivity index (χ0n) is 23.2. The van der Waals surface area contributed by atoms with Crippen LogP contribution in [0.5, 0.6) is 5.88 Å². The van der Waals surface area contributed by atoms with Gasteiger partial charge >= 0.3 is 12.0 Å². The number of methoxy groups -OCH3 is 1. The number of benzene rings is 1. The van der Waals surface area contributed by atoms with E-state index in [1.807, 2.05) is 6.92 Å². The summed E-state index contributed by atoms with van der Waals surface area (Å²) in [5, 5.41) is 13.2. The van der Waals surface area contributed by atoms with E-state index in [4.69, 9.17) is 26.8 Å². The highest BCUT2D eigenvalue weighted by atomic mass is 35.5. The van der Waals surface area contributed by atoms with E-state index in [1.54, 1.807) is 6.92 Å². The summed E-state index contributed by atoms with van der Waals surface area (Å²) in [6.45, 7) is 3.15. The number of nitrogens with two attached hydrogens (primary N) is 1. The van der Waals surface area contributed by atoms with Crippen LogP contribution in [0.25, 0.3) is 0 Å². The number of nitrogen functional groups attached to an aromatic ring is 1. The Morgan fingerprint density at radius 1 is 1.14 bits per heavy atom. The lowest BCUT2D eigenvalue weighted by atomic mass is 9.99. The summed E-state index contributed by atoms with van der Waals surface area (Å²) < 4.78 is 39.2. The lowest BCUT2D eigenvalue weighted by molar-refractivity contribution is -0.139. The first-order valence-corrected chi connectivity index (χ1v) is 14.9. The third kappa shape index (κ3) is 6.57. The summed E-state index contributed by atoms with van der Waals surface area (Å²) in [6, 6.07) is 6.54. The molecular formula is C26H31ClN8O6S. The number of unbranched alkanes of at least 4 members (excludes halogenated alkanes) is 1. The lowest BCUT2D eigenvalue weighted by Gasteiger charge is -2.31. The molecule has 0 saturated carbocycles. The number of nitrogens with zero attached hydrogens (tertiary/aromatic N) is 4. The second kappa shape index (κ2) is 13.1.